The van der Waals surface area contributed by atoms with E-state index in [1.807, 2.05) is 299 Å². The van der Waals surface area contributed by atoms with Crippen LogP contribution >= 0.6 is 0 Å². The first kappa shape index (κ1) is 135. The van der Waals surface area contributed by atoms with Crippen LogP contribution in [-0.2, 0) is 542 Å². The number of hydrogen-bond acceptors (Lipinski definition) is 15. The molecule has 0 aliphatic heterocycles. The number of Topliss-reactive ketones (excluding diaryl/α,β-unsaturated/α-hetero) is 3. The summed E-state index contributed by atoms with van der Waals surface area (Å²) >= 11 is 19.1. The summed E-state index contributed by atoms with van der Waals surface area (Å²) < 4.78 is 15.4. The summed E-state index contributed by atoms with van der Waals surface area (Å²) in [6, 6.07) is 51.4. The molecule has 2 atom stereocenters. The molecule has 1 amide bonds. The summed E-state index contributed by atoms with van der Waals surface area (Å²) in [5.41, 5.74) is 16.4. The molecule has 15 nitrogen and oxygen atoms in total. The molecule has 6 aromatic carbocycles. The van der Waals surface area contributed by atoms with Gasteiger partial charge in [0.1, 0.15) is 23.9 Å². The van der Waals surface area contributed by atoms with E-state index >= 15 is 0 Å². The van der Waals surface area contributed by atoms with Gasteiger partial charge in [-0.05, 0) is 122 Å². The zero-order chi connectivity index (χ0) is 98.6. The van der Waals surface area contributed by atoms with Gasteiger partial charge in [0.2, 0.25) is 5.78 Å². The van der Waals surface area contributed by atoms with Crippen molar-refractivity contribution in [3.63, 3.8) is 0 Å². The number of carbonyl (C=O) groups is 7. The molecule has 0 saturated carbocycles. The van der Waals surface area contributed by atoms with E-state index in [4.69, 9.17) is 69.6 Å². The number of nitrogens with one attached hydrogen (secondary N) is 1. The van der Waals surface area contributed by atoms with Crippen molar-refractivity contribution >= 4 is 527 Å². The molecule has 0 aliphatic carbocycles. The number of hydrogen-bond donors (Lipinski definition) is 3. The van der Waals surface area contributed by atoms with Gasteiger partial charge in [0, 0.05) is 499 Å². The standard InChI is InChI=1S/C24H29NO5.C17H16N2O.C17H18O2.C8H14O4.S27.S26/c1-17-10-13-19(14-11-17)22(20(26)15-12-18-8-6-5-7-9-18)29-21(27)16-25-23(28)30-24(2,3)4;1-13-7-10-15(11-8-13)17(19-18)16(20)12-9-14-5-3-2-4-6-14;1-13-7-10-15(11-8-13)17(19)16(18)12-9-14-5-3-2-4-6-14;1-8(2,3)12-7(11)5-4-6(9)10;1-3-5-7-9-11-13-15-17-19-21-23-25-27-26-24-22-20-18-16-14-12-10-8-6-4-2;1-3-5-7-9-11-13-15-17-19-21-23-25-26-24-22-20-18-16-14-12-10-8-6-4-2/h5-11,13-14,22H,12,15-16H2,1-4H3,(H,25,28);2-8,10-11H,9,12H2,1H3;2-8,10-11,17,19H,9,12H2,1H3;4-5H2,1-3H3,(H,9,10);;. The number of benzene rings is 6. The monoisotopic (exact) mass is 2800 g/mol. The van der Waals surface area contributed by atoms with Crippen LogP contribution in [0, 0.1) is 20.8 Å². The summed E-state index contributed by atoms with van der Waals surface area (Å²) in [7, 11) is 85.4. The molecule has 0 bridgehead atoms. The third-order valence-corrected chi connectivity index (χ3v) is 117. The second-order valence-electron chi connectivity index (χ2n) is 24.4. The van der Waals surface area contributed by atoms with Gasteiger partial charge >= 0.3 is 29.7 Å². The number of aliphatic hydroxyl groups excluding tert-OH is 1. The molecule has 2 unspecified atom stereocenters. The Kier molecular flexibility index (Phi) is 95.2. The second kappa shape index (κ2) is 94.5. The number of alkyl carbamates (subject to hydrolysis) is 1. The molecule has 6 rings (SSSR count). The van der Waals surface area contributed by atoms with Gasteiger partial charge in [-0.1, -0.05) is 168 Å². The van der Waals surface area contributed by atoms with Gasteiger partial charge in [-0.15, -0.1) is 0 Å². The maximum Gasteiger partial charge on any atom is 0.408 e. The number of carbonyl (C=O) groups excluding carboxylic acids is 6. The molecule has 746 valence electrons. The lowest BCUT2D eigenvalue weighted by Gasteiger charge is -2.20. The molecular formula is C66H77N3O12S53. The summed E-state index contributed by atoms with van der Waals surface area (Å²) in [6.07, 6.45) is -0.205. The molecule has 6 aromatic rings. The van der Waals surface area contributed by atoms with Crippen molar-refractivity contribution in [2.45, 2.75) is 137 Å². The topological polar surface area (TPSA) is 236 Å². The molecule has 0 aromatic heterocycles. The SMILES string of the molecule is CC(C)(C)OC(=O)CCC(=O)O.Cc1ccc(C(=[N+]=[N-])C(=O)CCc2ccccc2)cc1.Cc1ccc(C(O)C(=O)CCc2ccccc2)cc1.Cc1ccc(C(OC(=O)CNC(=O)OC(C)(C)C)C(=O)CCc2ccccc2)cc1.S=S=S=S=S=S=S=S=S=S=S=S=S=S=S=S=S=S=S=S=S=S=S=S=S=S.S=S=S=S=S=S=S=S=S=S=S=S=S=S=S=S=S=S=S=S=S=S=S=S=S=S=S. The van der Waals surface area contributed by atoms with Crippen molar-refractivity contribution in [1.82, 2.24) is 5.32 Å². The fourth-order valence-corrected chi connectivity index (χ4v) is 131. The zero-order valence-electron chi connectivity index (χ0n) is 69.6. The van der Waals surface area contributed by atoms with Crippen molar-refractivity contribution in [1.29, 1.82) is 0 Å². The van der Waals surface area contributed by atoms with E-state index in [2.05, 4.69) is 10.1 Å². The van der Waals surface area contributed by atoms with E-state index in [9.17, 15) is 38.7 Å². The minimum Gasteiger partial charge on any atom is -0.481 e. The lowest BCUT2D eigenvalue weighted by Crippen LogP contribution is -2.36. The van der Waals surface area contributed by atoms with Crippen LogP contribution in [0.4, 0.5) is 4.79 Å². The normalized spacial score (nSPS) is 9.84. The third kappa shape index (κ3) is 84.9. The van der Waals surface area contributed by atoms with Crippen LogP contribution < -0.4 is 5.32 Å². The average Bonchev–Trinajstić information content (AvgIpc) is 0.846. The van der Waals surface area contributed by atoms with Gasteiger partial charge in [-0.3, -0.25) is 28.8 Å². The molecule has 0 radical (unpaired) electrons. The van der Waals surface area contributed by atoms with Crippen molar-refractivity contribution in [2.75, 3.05) is 6.54 Å². The van der Waals surface area contributed by atoms with E-state index in [0.717, 1.165) is 33.4 Å². The number of aliphatic carboxylic acids is 1. The van der Waals surface area contributed by atoms with Crippen LogP contribution in [0.3, 0.4) is 0 Å². The van der Waals surface area contributed by atoms with Crippen LogP contribution in [0.15, 0.2) is 164 Å². The van der Waals surface area contributed by atoms with Crippen molar-refractivity contribution in [3.05, 3.63) is 219 Å². The molecule has 68 heteroatoms. The first-order valence-corrected chi connectivity index (χ1v) is 103. The summed E-state index contributed by atoms with van der Waals surface area (Å²) in [5, 5.41) is 20.6. The summed E-state index contributed by atoms with van der Waals surface area (Å²) in [4.78, 5) is 85.1. The molecular weight excluding hydrogens is 2730 g/mol. The predicted molar refractivity (Wildman–Crippen MR) is 702 cm³/mol. The van der Waals surface area contributed by atoms with E-state index in [1.54, 1.807) is 327 Å². The highest BCUT2D eigenvalue weighted by atomic mass is 33.5. The van der Waals surface area contributed by atoms with Gasteiger partial charge in [0.05, 0.1) is 18.4 Å². The van der Waals surface area contributed by atoms with Crippen LogP contribution in [0.2, 0.25) is 0 Å². The highest BCUT2D eigenvalue weighted by Gasteiger charge is 2.27. The highest BCUT2D eigenvalue weighted by molar-refractivity contribution is 8.81. The van der Waals surface area contributed by atoms with Crippen molar-refractivity contribution < 1.29 is 62.8 Å². The Hall–Kier alpha value is 3.01. The summed E-state index contributed by atoms with van der Waals surface area (Å²) in [6.45, 7) is 15.9. The molecule has 3 N–H and O–H groups in total. The Morgan fingerprint density at radius 2 is 0.612 bits per heavy atom. The number of esters is 2. The van der Waals surface area contributed by atoms with Crippen LogP contribution in [-0.4, -0.2) is 79.8 Å². The van der Waals surface area contributed by atoms with Gasteiger partial charge < -0.3 is 35.3 Å². The number of aryl methyl sites for hydroxylation is 6. The number of amides is 1. The highest BCUT2D eigenvalue weighted by Crippen LogP contribution is 2.23. The Labute approximate surface area is 940 Å². The Bertz CT molecular complexity index is 7300. The number of ketones is 3. The average molecular weight is 2800 g/mol. The zero-order valence-corrected chi connectivity index (χ0v) is 113. The number of rotatable bonds is 21. The number of carboxylic acid groups (broad SMARTS) is 1. The minimum atomic E-state index is -1.03. The first-order chi connectivity index (χ1) is 64.6. The lowest BCUT2D eigenvalue weighted by molar-refractivity contribution is -0.157. The van der Waals surface area contributed by atoms with E-state index in [1.165, 1.54) is 35.5 Å². The van der Waals surface area contributed by atoms with E-state index in [-0.39, 0.29) is 48.9 Å². The van der Waals surface area contributed by atoms with Crippen molar-refractivity contribution in [2.24, 2.45) is 0 Å². The second-order valence-corrected chi connectivity index (χ2v) is 111. The van der Waals surface area contributed by atoms with Gasteiger partial charge in [0.25, 0.3) is 0 Å². The van der Waals surface area contributed by atoms with Gasteiger partial charge in [-0.25, -0.2) is 4.79 Å². The number of ether oxygens (including phenoxy) is 3. The van der Waals surface area contributed by atoms with Gasteiger partial charge in [-0.2, -0.15) is 4.79 Å². The summed E-state index contributed by atoms with van der Waals surface area (Å²) in [5.74, 6) is -2.65. The number of carboxylic acids is 1. The number of aliphatic hydroxyl groups is 1. The third-order valence-electron chi connectivity index (χ3n) is 12.8. The fraction of sp³-hybridized carbons (Fsp3) is 0.333. The fourth-order valence-electron chi connectivity index (χ4n) is 7.84. The Morgan fingerprint density at radius 3 is 0.888 bits per heavy atom. The lowest BCUT2D eigenvalue weighted by atomic mass is 9.99. The molecule has 0 fully saturated rings. The minimum absolute atomic E-state index is 0.0629. The smallest absolute Gasteiger partial charge is 0.408 e. The van der Waals surface area contributed by atoms with E-state index in [0.29, 0.717) is 48.8 Å². The largest absolute Gasteiger partial charge is 0.481 e. The molecule has 0 heterocycles. The van der Waals surface area contributed by atoms with E-state index < -0.39 is 47.4 Å². The molecule has 0 spiro atoms. The molecule has 0 aliphatic rings. The maximum atomic E-state index is 12.9. The maximum absolute atomic E-state index is 12.9. The predicted octanol–water partition coefficient (Wildman–Crippen LogP) is 11.8. The quantitative estimate of drug-likeness (QED) is 0.0200. The van der Waals surface area contributed by atoms with Crippen LogP contribution in [0.25, 0.3) is 5.53 Å². The number of nitrogens with zero attached hydrogens (tertiary/aromatic N) is 2. The van der Waals surface area contributed by atoms with Gasteiger partial charge in [0.15, 0.2) is 17.7 Å². The van der Waals surface area contributed by atoms with Crippen molar-refractivity contribution in [3.8, 4) is 0 Å². The molecule has 0 saturated heterocycles. The Morgan fingerprint density at radius 1 is 0.343 bits per heavy atom. The molecule has 134 heavy (non-hydrogen) atoms. The Balaban J connectivity index is 0.000000818. The first-order valence-electron chi connectivity index (χ1n) is 35.2. The van der Waals surface area contributed by atoms with Crippen LogP contribution in [0.1, 0.15) is 136 Å². The van der Waals surface area contributed by atoms with Crippen LogP contribution in [0.5, 0.6) is 0 Å².